The van der Waals surface area contributed by atoms with Gasteiger partial charge in [0.2, 0.25) is 0 Å². The van der Waals surface area contributed by atoms with Crippen LogP contribution in [0.1, 0.15) is 226 Å². The van der Waals surface area contributed by atoms with Crippen LogP contribution >= 0.6 is 0 Å². The Labute approximate surface area is 424 Å². The molecule has 0 spiro atoms. The standard InChI is InChI=1S/C63H100O6/c1-4-7-10-13-16-19-22-25-28-30-31-33-35-38-41-44-47-50-53-56-62(65)68-59-60(58-67-61(64)55-52-49-46-43-40-37-34-27-24-21-18-15-12-9-6-3)69-63(66)57-54-51-48-45-42-39-36-32-29-26-23-20-17-14-11-8-5-2/h7-8,10-11,16-17,19-20,25-29,31,33-34,36,38-39,41,45,48,60H,4-6,9,12-15,18,21-24,30,32,35,37,40,42-44,46-47,49-59H2,1-3H3/b10-7-,11-8-,19-16-,20-17-,28-25-,29-26-,33-31-,34-27-,39-36-,41-38-,48-45-. The molecule has 0 aliphatic rings. The van der Waals surface area contributed by atoms with Crippen molar-refractivity contribution >= 4 is 17.9 Å². The summed E-state index contributed by atoms with van der Waals surface area (Å²) >= 11 is 0. The second-order valence-electron chi connectivity index (χ2n) is 17.7. The van der Waals surface area contributed by atoms with E-state index in [4.69, 9.17) is 14.2 Å². The van der Waals surface area contributed by atoms with E-state index in [1.165, 1.54) is 51.4 Å². The monoisotopic (exact) mass is 953 g/mol. The van der Waals surface area contributed by atoms with E-state index in [1.54, 1.807) is 0 Å². The van der Waals surface area contributed by atoms with Gasteiger partial charge in [-0.15, -0.1) is 0 Å². The molecule has 0 N–H and O–H groups in total. The lowest BCUT2D eigenvalue weighted by atomic mass is 10.1. The summed E-state index contributed by atoms with van der Waals surface area (Å²) in [6.07, 6.45) is 78.7. The highest BCUT2D eigenvalue weighted by molar-refractivity contribution is 5.71. The van der Waals surface area contributed by atoms with Crippen molar-refractivity contribution in [1.82, 2.24) is 0 Å². The van der Waals surface area contributed by atoms with E-state index in [1.807, 2.05) is 0 Å². The molecule has 0 aliphatic carbocycles. The zero-order valence-corrected chi connectivity index (χ0v) is 44.3. The van der Waals surface area contributed by atoms with Gasteiger partial charge in [-0.25, -0.2) is 0 Å². The van der Waals surface area contributed by atoms with Crippen molar-refractivity contribution in [2.45, 2.75) is 232 Å². The molecule has 0 aromatic heterocycles. The van der Waals surface area contributed by atoms with Crippen LogP contribution in [-0.4, -0.2) is 37.2 Å². The normalized spacial score (nSPS) is 13.1. The maximum atomic E-state index is 12.8. The van der Waals surface area contributed by atoms with Crippen molar-refractivity contribution in [2.24, 2.45) is 0 Å². The average molecular weight is 953 g/mol. The number of ether oxygens (including phenoxy) is 3. The van der Waals surface area contributed by atoms with Gasteiger partial charge in [0.1, 0.15) is 13.2 Å². The van der Waals surface area contributed by atoms with Gasteiger partial charge >= 0.3 is 17.9 Å². The number of esters is 3. The molecule has 0 aliphatic heterocycles. The molecule has 0 saturated heterocycles. The molecule has 6 nitrogen and oxygen atoms in total. The number of hydrogen-bond acceptors (Lipinski definition) is 6. The lowest BCUT2D eigenvalue weighted by Gasteiger charge is -2.18. The first-order valence-electron chi connectivity index (χ1n) is 27.7. The summed E-state index contributed by atoms with van der Waals surface area (Å²) in [5, 5.41) is 0. The van der Waals surface area contributed by atoms with E-state index in [9.17, 15) is 14.4 Å². The Morgan fingerprint density at radius 1 is 0.304 bits per heavy atom. The van der Waals surface area contributed by atoms with Crippen molar-refractivity contribution in [3.8, 4) is 0 Å². The number of carbonyl (C=O) groups is 3. The van der Waals surface area contributed by atoms with Gasteiger partial charge in [0.15, 0.2) is 6.10 Å². The molecule has 1 atom stereocenters. The minimum absolute atomic E-state index is 0.120. The molecule has 0 heterocycles. The Morgan fingerprint density at radius 3 is 0.957 bits per heavy atom. The molecule has 1 unspecified atom stereocenters. The second kappa shape index (κ2) is 56.1. The van der Waals surface area contributed by atoms with E-state index >= 15 is 0 Å². The second-order valence-corrected chi connectivity index (χ2v) is 17.7. The first kappa shape index (κ1) is 64.5. The van der Waals surface area contributed by atoms with Gasteiger partial charge in [0.25, 0.3) is 0 Å². The predicted molar refractivity (Wildman–Crippen MR) is 297 cm³/mol. The van der Waals surface area contributed by atoms with E-state index < -0.39 is 6.10 Å². The molecule has 0 aromatic rings. The van der Waals surface area contributed by atoms with Crippen LogP contribution < -0.4 is 0 Å². The SMILES string of the molecule is CC/C=C\C/C=C\C/C=C\C/C=C\C/C=C\CCCCCC(=O)OCC(COC(=O)CCCCCCC/C=C\CCCCCCCC)OC(=O)CCC/C=C\C/C=C\C/C=C\C/C=C\C/C=C\CC. The van der Waals surface area contributed by atoms with Crippen LogP contribution in [0.5, 0.6) is 0 Å². The van der Waals surface area contributed by atoms with Gasteiger partial charge in [0, 0.05) is 19.3 Å². The molecule has 388 valence electrons. The number of carbonyl (C=O) groups excluding carboxylic acids is 3. The highest BCUT2D eigenvalue weighted by Gasteiger charge is 2.19. The fourth-order valence-electron chi connectivity index (χ4n) is 7.03. The van der Waals surface area contributed by atoms with E-state index in [0.29, 0.717) is 19.3 Å². The van der Waals surface area contributed by atoms with E-state index in [2.05, 4.69) is 154 Å². The van der Waals surface area contributed by atoms with Gasteiger partial charge in [-0.1, -0.05) is 212 Å². The molecular weight excluding hydrogens is 853 g/mol. The Morgan fingerprint density at radius 2 is 0.580 bits per heavy atom. The van der Waals surface area contributed by atoms with Gasteiger partial charge in [-0.2, -0.15) is 0 Å². The summed E-state index contributed by atoms with van der Waals surface area (Å²) in [6, 6.07) is 0. The van der Waals surface area contributed by atoms with Crippen molar-refractivity contribution in [3.63, 3.8) is 0 Å². The molecule has 0 amide bonds. The molecule has 0 radical (unpaired) electrons. The van der Waals surface area contributed by atoms with Gasteiger partial charge in [0.05, 0.1) is 0 Å². The number of unbranched alkanes of at least 4 members (excludes halogenated alkanes) is 15. The highest BCUT2D eigenvalue weighted by Crippen LogP contribution is 2.12. The number of allylic oxidation sites excluding steroid dienone is 22. The molecule has 0 rings (SSSR count). The van der Waals surface area contributed by atoms with Crippen LogP contribution in [0.2, 0.25) is 0 Å². The van der Waals surface area contributed by atoms with Crippen molar-refractivity contribution in [1.29, 1.82) is 0 Å². The zero-order valence-electron chi connectivity index (χ0n) is 44.3. The maximum absolute atomic E-state index is 12.8. The summed E-state index contributed by atoms with van der Waals surface area (Å²) < 4.78 is 16.8. The van der Waals surface area contributed by atoms with Crippen LogP contribution in [-0.2, 0) is 28.6 Å². The van der Waals surface area contributed by atoms with Crippen molar-refractivity contribution in [3.05, 3.63) is 134 Å². The predicted octanol–water partition coefficient (Wildman–Crippen LogP) is 18.6. The lowest BCUT2D eigenvalue weighted by molar-refractivity contribution is -0.167. The quantitative estimate of drug-likeness (QED) is 0.0262. The van der Waals surface area contributed by atoms with Crippen LogP contribution in [0.25, 0.3) is 0 Å². The molecule has 0 bridgehead atoms. The third kappa shape index (κ3) is 54.4. The third-order valence-corrected chi connectivity index (χ3v) is 11.1. The molecular formula is C63H100O6. The van der Waals surface area contributed by atoms with Gasteiger partial charge in [-0.3, -0.25) is 14.4 Å². The minimum Gasteiger partial charge on any atom is -0.462 e. The summed E-state index contributed by atoms with van der Waals surface area (Å²) in [7, 11) is 0. The highest BCUT2D eigenvalue weighted by atomic mass is 16.6. The van der Waals surface area contributed by atoms with Crippen molar-refractivity contribution < 1.29 is 28.6 Å². The van der Waals surface area contributed by atoms with Crippen LogP contribution in [0, 0.1) is 0 Å². The average Bonchev–Trinajstić information content (AvgIpc) is 3.35. The molecule has 69 heavy (non-hydrogen) atoms. The van der Waals surface area contributed by atoms with E-state index in [-0.39, 0.29) is 37.5 Å². The Kier molecular flexibility index (Phi) is 52.5. The van der Waals surface area contributed by atoms with Crippen molar-refractivity contribution in [2.75, 3.05) is 13.2 Å². The fraction of sp³-hybridized carbons (Fsp3) is 0.603. The summed E-state index contributed by atoms with van der Waals surface area (Å²) in [6.45, 7) is 6.31. The first-order valence-corrected chi connectivity index (χ1v) is 27.7. The Bertz CT molecular complexity index is 1510. The number of hydrogen-bond donors (Lipinski definition) is 0. The third-order valence-electron chi connectivity index (χ3n) is 11.1. The summed E-state index contributed by atoms with van der Waals surface area (Å²) in [5.74, 6) is -1.03. The largest absolute Gasteiger partial charge is 0.462 e. The summed E-state index contributed by atoms with van der Waals surface area (Å²) in [4.78, 5) is 38.1. The van der Waals surface area contributed by atoms with Crippen LogP contribution in [0.15, 0.2) is 134 Å². The van der Waals surface area contributed by atoms with Crippen LogP contribution in [0.3, 0.4) is 0 Å². The van der Waals surface area contributed by atoms with Crippen LogP contribution in [0.4, 0.5) is 0 Å². The lowest BCUT2D eigenvalue weighted by Crippen LogP contribution is -2.30. The fourth-order valence-corrected chi connectivity index (χ4v) is 7.03. The van der Waals surface area contributed by atoms with Gasteiger partial charge < -0.3 is 14.2 Å². The minimum atomic E-state index is -0.830. The first-order chi connectivity index (χ1) is 34.0. The topological polar surface area (TPSA) is 78.9 Å². The smallest absolute Gasteiger partial charge is 0.306 e. The van der Waals surface area contributed by atoms with E-state index in [0.717, 1.165) is 128 Å². The van der Waals surface area contributed by atoms with Gasteiger partial charge in [-0.05, 0) is 128 Å². The molecule has 0 fully saturated rings. The Balaban J connectivity index is 4.58. The molecule has 0 saturated carbocycles. The number of rotatable bonds is 48. The Hall–Kier alpha value is -4.45. The molecule has 6 heteroatoms. The maximum Gasteiger partial charge on any atom is 0.306 e. The summed E-state index contributed by atoms with van der Waals surface area (Å²) in [5.41, 5.74) is 0. The zero-order chi connectivity index (χ0) is 50.0. The molecule has 0 aromatic carbocycles.